The van der Waals surface area contributed by atoms with Crippen molar-refractivity contribution in [3.63, 3.8) is 0 Å². The van der Waals surface area contributed by atoms with Crippen LogP contribution in [0.25, 0.3) is 10.2 Å². The number of carbonyl (C=O) groups is 1. The first-order chi connectivity index (χ1) is 14.0. The number of nitrogens with zero attached hydrogens (tertiary/aromatic N) is 3. The third-order valence-electron chi connectivity index (χ3n) is 4.99. The fraction of sp³-hybridized carbons (Fsp3) is 0.333. The molecular weight excluding hydrogens is 429 g/mol. The van der Waals surface area contributed by atoms with Crippen LogP contribution in [0.3, 0.4) is 0 Å². The molecule has 0 aliphatic carbocycles. The fourth-order valence-electron chi connectivity index (χ4n) is 3.35. The number of amides is 1. The molecule has 0 spiro atoms. The molecule has 1 fully saturated rings. The van der Waals surface area contributed by atoms with Gasteiger partial charge in [0.2, 0.25) is 0 Å². The SMILES string of the molecule is Cc1cccc2sc(N(CCN3CCOCC3)C(=O)c3cc(Cl)ccc3Cl)nc12. The van der Waals surface area contributed by atoms with Crippen LogP contribution in [0.15, 0.2) is 36.4 Å². The van der Waals surface area contributed by atoms with Crippen molar-refractivity contribution in [3.05, 3.63) is 57.6 Å². The topological polar surface area (TPSA) is 45.7 Å². The van der Waals surface area contributed by atoms with Crippen LogP contribution in [-0.4, -0.2) is 55.2 Å². The van der Waals surface area contributed by atoms with E-state index < -0.39 is 0 Å². The minimum Gasteiger partial charge on any atom is -0.379 e. The number of carbonyl (C=O) groups excluding carboxylic acids is 1. The standard InChI is InChI=1S/C21H21Cl2N3O2S/c1-14-3-2-4-18-19(14)24-21(29-18)26(8-7-25-9-11-28-12-10-25)20(27)16-13-15(22)5-6-17(16)23/h2-6,13H,7-12H2,1H3. The third kappa shape index (κ3) is 4.57. The molecule has 0 bridgehead atoms. The minimum absolute atomic E-state index is 0.192. The summed E-state index contributed by atoms with van der Waals surface area (Å²) in [5.41, 5.74) is 2.40. The first-order valence-corrected chi connectivity index (χ1v) is 11.0. The maximum Gasteiger partial charge on any atom is 0.261 e. The van der Waals surface area contributed by atoms with Crippen LogP contribution in [-0.2, 0) is 4.74 Å². The van der Waals surface area contributed by atoms with E-state index in [0.29, 0.717) is 40.5 Å². The Kier molecular flexibility index (Phi) is 6.37. The molecule has 2 heterocycles. The lowest BCUT2D eigenvalue weighted by Gasteiger charge is -2.29. The van der Waals surface area contributed by atoms with Crippen LogP contribution in [0.5, 0.6) is 0 Å². The van der Waals surface area contributed by atoms with Gasteiger partial charge in [-0.25, -0.2) is 4.98 Å². The summed E-state index contributed by atoms with van der Waals surface area (Å²) in [6, 6.07) is 11.0. The number of fused-ring (bicyclic) bond motifs is 1. The van der Waals surface area contributed by atoms with Gasteiger partial charge in [0.15, 0.2) is 5.13 Å². The van der Waals surface area contributed by atoms with E-state index in [4.69, 9.17) is 32.9 Å². The molecule has 152 valence electrons. The summed E-state index contributed by atoms with van der Waals surface area (Å²) >= 11 is 14.0. The average molecular weight is 450 g/mol. The van der Waals surface area contributed by atoms with Crippen LogP contribution >= 0.6 is 34.5 Å². The number of rotatable bonds is 5. The van der Waals surface area contributed by atoms with Gasteiger partial charge in [0.1, 0.15) is 0 Å². The largest absolute Gasteiger partial charge is 0.379 e. The van der Waals surface area contributed by atoms with Crippen LogP contribution in [0.1, 0.15) is 15.9 Å². The number of aryl methyl sites for hydroxylation is 1. The minimum atomic E-state index is -0.192. The van der Waals surface area contributed by atoms with Crippen molar-refractivity contribution in [1.82, 2.24) is 9.88 Å². The quantitative estimate of drug-likeness (QED) is 0.555. The summed E-state index contributed by atoms with van der Waals surface area (Å²) in [4.78, 5) is 22.3. The second kappa shape index (κ2) is 8.98. The van der Waals surface area contributed by atoms with Crippen molar-refractivity contribution in [3.8, 4) is 0 Å². The summed E-state index contributed by atoms with van der Waals surface area (Å²) in [5, 5.41) is 1.53. The molecule has 4 rings (SSSR count). The highest BCUT2D eigenvalue weighted by Crippen LogP contribution is 2.32. The molecule has 29 heavy (non-hydrogen) atoms. The van der Waals surface area contributed by atoms with E-state index in [9.17, 15) is 4.79 Å². The van der Waals surface area contributed by atoms with Gasteiger partial charge in [0.25, 0.3) is 5.91 Å². The smallest absolute Gasteiger partial charge is 0.261 e. The van der Waals surface area contributed by atoms with Crippen molar-refractivity contribution < 1.29 is 9.53 Å². The van der Waals surface area contributed by atoms with Gasteiger partial charge >= 0.3 is 0 Å². The lowest BCUT2D eigenvalue weighted by Crippen LogP contribution is -2.43. The molecule has 0 atom stereocenters. The van der Waals surface area contributed by atoms with E-state index in [1.807, 2.05) is 25.1 Å². The molecular formula is C21H21Cl2N3O2S. The predicted octanol–water partition coefficient (Wildman–Crippen LogP) is 4.89. The Hall–Kier alpha value is -1.70. The maximum atomic E-state index is 13.5. The van der Waals surface area contributed by atoms with Gasteiger partial charge in [0, 0.05) is 31.2 Å². The summed E-state index contributed by atoms with van der Waals surface area (Å²) in [6.07, 6.45) is 0. The lowest BCUT2D eigenvalue weighted by atomic mass is 10.2. The van der Waals surface area contributed by atoms with Gasteiger partial charge in [-0.1, -0.05) is 46.7 Å². The van der Waals surface area contributed by atoms with Crippen molar-refractivity contribution >= 4 is 55.8 Å². The second-order valence-electron chi connectivity index (χ2n) is 6.95. The molecule has 1 aliphatic rings. The molecule has 0 saturated carbocycles. The number of aromatic nitrogens is 1. The van der Waals surface area contributed by atoms with E-state index in [1.165, 1.54) is 11.3 Å². The first kappa shape index (κ1) is 20.6. The van der Waals surface area contributed by atoms with Gasteiger partial charge in [-0.2, -0.15) is 0 Å². The van der Waals surface area contributed by atoms with E-state index in [1.54, 1.807) is 23.1 Å². The molecule has 3 aromatic rings. The Morgan fingerprint density at radius 2 is 2.03 bits per heavy atom. The number of thiazole rings is 1. The Morgan fingerprint density at radius 1 is 1.24 bits per heavy atom. The summed E-state index contributed by atoms with van der Waals surface area (Å²) < 4.78 is 6.48. The second-order valence-corrected chi connectivity index (χ2v) is 8.81. The van der Waals surface area contributed by atoms with E-state index in [0.717, 1.165) is 35.4 Å². The van der Waals surface area contributed by atoms with Crippen LogP contribution in [0.2, 0.25) is 10.0 Å². The zero-order valence-electron chi connectivity index (χ0n) is 16.0. The van der Waals surface area contributed by atoms with Crippen LogP contribution < -0.4 is 4.90 Å². The number of hydrogen-bond donors (Lipinski definition) is 0. The van der Waals surface area contributed by atoms with E-state index in [2.05, 4.69) is 4.90 Å². The zero-order chi connectivity index (χ0) is 20.4. The monoisotopic (exact) mass is 449 g/mol. The molecule has 5 nitrogen and oxygen atoms in total. The van der Waals surface area contributed by atoms with Crippen molar-refractivity contribution in [2.24, 2.45) is 0 Å². The number of para-hydroxylation sites is 1. The average Bonchev–Trinajstić information content (AvgIpc) is 3.16. The molecule has 2 aromatic carbocycles. The number of morpholine rings is 1. The number of anilines is 1. The third-order valence-corrected chi connectivity index (χ3v) is 6.60. The number of hydrogen-bond acceptors (Lipinski definition) is 5. The van der Waals surface area contributed by atoms with Crippen LogP contribution in [0, 0.1) is 6.92 Å². The van der Waals surface area contributed by atoms with Gasteiger partial charge in [0.05, 0.1) is 34.0 Å². The fourth-order valence-corrected chi connectivity index (χ4v) is 4.79. The molecule has 1 aliphatic heterocycles. The number of benzene rings is 2. The number of halogens is 2. The lowest BCUT2D eigenvalue weighted by molar-refractivity contribution is 0.0391. The predicted molar refractivity (Wildman–Crippen MR) is 120 cm³/mol. The van der Waals surface area contributed by atoms with Gasteiger partial charge in [-0.3, -0.25) is 14.6 Å². The first-order valence-electron chi connectivity index (χ1n) is 9.46. The molecule has 0 unspecified atom stereocenters. The molecule has 0 radical (unpaired) electrons. The van der Waals surface area contributed by atoms with Crippen molar-refractivity contribution in [2.75, 3.05) is 44.3 Å². The molecule has 1 saturated heterocycles. The highest BCUT2D eigenvalue weighted by molar-refractivity contribution is 7.22. The van der Waals surface area contributed by atoms with Crippen molar-refractivity contribution in [2.45, 2.75) is 6.92 Å². The zero-order valence-corrected chi connectivity index (χ0v) is 18.4. The summed E-state index contributed by atoms with van der Waals surface area (Å²) in [5.74, 6) is -0.192. The highest BCUT2D eigenvalue weighted by atomic mass is 35.5. The van der Waals surface area contributed by atoms with Gasteiger partial charge < -0.3 is 4.74 Å². The van der Waals surface area contributed by atoms with Crippen molar-refractivity contribution in [1.29, 1.82) is 0 Å². The molecule has 1 aromatic heterocycles. The molecule has 1 amide bonds. The van der Waals surface area contributed by atoms with Gasteiger partial charge in [-0.15, -0.1) is 0 Å². The van der Waals surface area contributed by atoms with Crippen LogP contribution in [0.4, 0.5) is 5.13 Å². The molecule has 8 heteroatoms. The Balaban J connectivity index is 1.68. The summed E-state index contributed by atoms with van der Waals surface area (Å²) in [7, 11) is 0. The number of ether oxygens (including phenoxy) is 1. The Labute approximate surface area is 183 Å². The van der Waals surface area contributed by atoms with E-state index in [-0.39, 0.29) is 5.91 Å². The Morgan fingerprint density at radius 3 is 2.79 bits per heavy atom. The highest BCUT2D eigenvalue weighted by Gasteiger charge is 2.25. The van der Waals surface area contributed by atoms with Gasteiger partial charge in [-0.05, 0) is 36.8 Å². The normalized spacial score (nSPS) is 15.0. The Bertz CT molecular complexity index is 1030. The maximum absolute atomic E-state index is 13.5. The molecule has 0 N–H and O–H groups in total. The summed E-state index contributed by atoms with van der Waals surface area (Å²) in [6.45, 7) is 6.43. The van der Waals surface area contributed by atoms with E-state index >= 15 is 0 Å².